The molecule has 0 bridgehead atoms. The van der Waals surface area contributed by atoms with Crippen LogP contribution in [0.25, 0.3) is 0 Å². The maximum Gasteiger partial charge on any atom is 0.345 e. The van der Waals surface area contributed by atoms with Crippen LogP contribution < -0.4 is 0 Å². The van der Waals surface area contributed by atoms with Crippen molar-refractivity contribution < 1.29 is 23.8 Å². The Bertz CT molecular complexity index is 809. The number of alkyl halides is 1. The number of thioether (sulfide) groups is 1. The van der Waals surface area contributed by atoms with Gasteiger partial charge in [0.15, 0.2) is 0 Å². The van der Waals surface area contributed by atoms with Crippen LogP contribution in [0, 0.1) is 23.5 Å². The van der Waals surface area contributed by atoms with Crippen molar-refractivity contribution in [2.24, 2.45) is 11.8 Å². The maximum atomic E-state index is 13.4. The second-order valence-electron chi connectivity index (χ2n) is 7.03. The van der Waals surface area contributed by atoms with E-state index in [9.17, 15) is 18.7 Å². The molecule has 2 aromatic rings. The van der Waals surface area contributed by atoms with Crippen LogP contribution in [0.1, 0.15) is 33.8 Å². The number of aliphatic hydroxyl groups is 1. The summed E-state index contributed by atoms with van der Waals surface area (Å²) in [4.78, 5) is 12.8. The molecule has 152 valence electrons. The molecule has 1 saturated carbocycles. The molecule has 0 saturated heterocycles. The highest BCUT2D eigenvalue weighted by atomic mass is 35.5. The van der Waals surface area contributed by atoms with Crippen LogP contribution in [0.5, 0.6) is 0 Å². The Morgan fingerprint density at radius 3 is 2.57 bits per heavy atom. The van der Waals surface area contributed by atoms with Gasteiger partial charge in [0.2, 0.25) is 0 Å². The number of thiophene rings is 1. The van der Waals surface area contributed by atoms with Crippen molar-refractivity contribution in [2.45, 2.75) is 42.1 Å². The molecule has 1 heterocycles. The topological polar surface area (TPSA) is 57.5 Å². The van der Waals surface area contributed by atoms with Crippen LogP contribution in [-0.4, -0.2) is 33.4 Å². The Balaban J connectivity index is 1.56. The summed E-state index contributed by atoms with van der Waals surface area (Å²) >= 11 is 9.07. The summed E-state index contributed by atoms with van der Waals surface area (Å²) in [6.45, 7) is 0. The number of carboxylic acid groups (broad SMARTS) is 1. The minimum absolute atomic E-state index is 0.0447. The van der Waals surface area contributed by atoms with Gasteiger partial charge in [-0.05, 0) is 61.8 Å². The summed E-state index contributed by atoms with van der Waals surface area (Å²) in [6, 6.07) is 6.87. The van der Waals surface area contributed by atoms with E-state index in [1.165, 1.54) is 35.2 Å². The third-order valence-electron chi connectivity index (χ3n) is 5.09. The standard InChI is InChI=1S/C20H21ClF2O3S2/c21-17-9-18(24)16(10-27-14-7-11(22)6-12(23)8-14)15(17)3-1-2-13-4-5-19(28-13)20(25)26/h4-8,15-18,24H,1-3,9-10H2,(H,25,26). The van der Waals surface area contributed by atoms with Gasteiger partial charge in [0.1, 0.15) is 16.5 Å². The van der Waals surface area contributed by atoms with Crippen LogP contribution in [0.3, 0.4) is 0 Å². The van der Waals surface area contributed by atoms with E-state index in [1.807, 2.05) is 6.07 Å². The number of carbonyl (C=O) groups is 1. The number of rotatable bonds is 8. The van der Waals surface area contributed by atoms with Gasteiger partial charge in [-0.15, -0.1) is 34.7 Å². The van der Waals surface area contributed by atoms with E-state index in [-0.39, 0.29) is 17.2 Å². The first-order valence-electron chi connectivity index (χ1n) is 9.06. The van der Waals surface area contributed by atoms with Gasteiger partial charge in [-0.3, -0.25) is 0 Å². The van der Waals surface area contributed by atoms with Crippen molar-refractivity contribution >= 4 is 40.7 Å². The SMILES string of the molecule is O=C(O)c1ccc(CCCC2C(Cl)CC(O)C2CSc2cc(F)cc(F)c2)s1. The molecule has 1 aromatic heterocycles. The minimum Gasteiger partial charge on any atom is -0.477 e. The van der Waals surface area contributed by atoms with Gasteiger partial charge in [0, 0.05) is 27.0 Å². The first kappa shape index (κ1) is 21.6. The van der Waals surface area contributed by atoms with Gasteiger partial charge in [0.25, 0.3) is 0 Å². The van der Waals surface area contributed by atoms with Crippen molar-refractivity contribution in [2.75, 3.05) is 5.75 Å². The van der Waals surface area contributed by atoms with E-state index < -0.39 is 23.7 Å². The molecule has 0 aliphatic heterocycles. The zero-order chi connectivity index (χ0) is 20.3. The third kappa shape index (κ3) is 5.47. The number of halogens is 3. The Kier molecular flexibility index (Phi) is 7.36. The van der Waals surface area contributed by atoms with E-state index >= 15 is 0 Å². The molecular weight excluding hydrogens is 426 g/mol. The van der Waals surface area contributed by atoms with E-state index in [1.54, 1.807) is 6.07 Å². The van der Waals surface area contributed by atoms with Crippen molar-refractivity contribution in [1.82, 2.24) is 0 Å². The molecule has 1 aliphatic carbocycles. The molecular formula is C20H21ClF2O3S2. The summed E-state index contributed by atoms with van der Waals surface area (Å²) in [5, 5.41) is 19.3. The van der Waals surface area contributed by atoms with Crippen LogP contribution in [-0.2, 0) is 6.42 Å². The minimum atomic E-state index is -0.915. The number of hydrogen-bond acceptors (Lipinski definition) is 4. The van der Waals surface area contributed by atoms with Gasteiger partial charge in [0.05, 0.1) is 6.10 Å². The molecule has 4 unspecified atom stereocenters. The molecule has 2 N–H and O–H groups in total. The predicted molar refractivity (Wildman–Crippen MR) is 109 cm³/mol. The van der Waals surface area contributed by atoms with Gasteiger partial charge < -0.3 is 10.2 Å². The summed E-state index contributed by atoms with van der Waals surface area (Å²) in [7, 11) is 0. The average Bonchev–Trinajstić information content (AvgIpc) is 3.18. The molecule has 1 aromatic carbocycles. The van der Waals surface area contributed by atoms with Crippen molar-refractivity contribution in [3.8, 4) is 0 Å². The predicted octanol–water partition coefficient (Wildman–Crippen LogP) is 5.44. The van der Waals surface area contributed by atoms with Gasteiger partial charge in [-0.2, -0.15) is 0 Å². The molecule has 4 atom stereocenters. The highest BCUT2D eigenvalue weighted by Gasteiger charge is 2.40. The summed E-state index contributed by atoms with van der Waals surface area (Å²) in [6.07, 6.45) is 2.41. The second kappa shape index (κ2) is 9.57. The number of benzene rings is 1. The molecule has 1 aliphatic rings. The molecule has 8 heteroatoms. The van der Waals surface area contributed by atoms with E-state index in [2.05, 4.69) is 0 Å². The molecule has 28 heavy (non-hydrogen) atoms. The summed E-state index contributed by atoms with van der Waals surface area (Å²) < 4.78 is 26.7. The number of aromatic carboxylic acids is 1. The highest BCUT2D eigenvalue weighted by molar-refractivity contribution is 7.99. The van der Waals surface area contributed by atoms with Gasteiger partial charge >= 0.3 is 5.97 Å². The van der Waals surface area contributed by atoms with Crippen LogP contribution in [0.4, 0.5) is 8.78 Å². The smallest absolute Gasteiger partial charge is 0.345 e. The van der Waals surface area contributed by atoms with Gasteiger partial charge in [-0.25, -0.2) is 13.6 Å². The maximum absolute atomic E-state index is 13.4. The van der Waals surface area contributed by atoms with E-state index in [0.717, 1.165) is 30.2 Å². The lowest BCUT2D eigenvalue weighted by Crippen LogP contribution is -2.23. The quantitative estimate of drug-likeness (QED) is 0.418. The lowest BCUT2D eigenvalue weighted by Gasteiger charge is -2.23. The Labute approximate surface area is 175 Å². The lowest BCUT2D eigenvalue weighted by atomic mass is 9.91. The molecule has 0 radical (unpaired) electrons. The highest BCUT2D eigenvalue weighted by Crippen LogP contribution is 2.42. The van der Waals surface area contributed by atoms with Gasteiger partial charge in [-0.1, -0.05) is 0 Å². The Morgan fingerprint density at radius 1 is 1.21 bits per heavy atom. The van der Waals surface area contributed by atoms with Crippen molar-refractivity contribution in [1.29, 1.82) is 0 Å². The molecule has 3 rings (SSSR count). The fourth-order valence-electron chi connectivity index (χ4n) is 3.71. The zero-order valence-electron chi connectivity index (χ0n) is 15.0. The number of carboxylic acids is 1. The van der Waals surface area contributed by atoms with Crippen LogP contribution >= 0.6 is 34.7 Å². The Morgan fingerprint density at radius 2 is 1.93 bits per heavy atom. The number of hydrogen-bond donors (Lipinski definition) is 2. The molecule has 1 fully saturated rings. The third-order valence-corrected chi connectivity index (χ3v) is 7.84. The first-order valence-corrected chi connectivity index (χ1v) is 11.3. The zero-order valence-corrected chi connectivity index (χ0v) is 17.4. The fraction of sp³-hybridized carbons (Fsp3) is 0.450. The summed E-state index contributed by atoms with van der Waals surface area (Å²) in [5.74, 6) is -1.53. The van der Waals surface area contributed by atoms with Crippen LogP contribution in [0.2, 0.25) is 0 Å². The second-order valence-corrected chi connectivity index (χ2v) is 9.85. The molecule has 0 spiro atoms. The van der Waals surface area contributed by atoms with Crippen molar-refractivity contribution in [3.05, 3.63) is 51.7 Å². The van der Waals surface area contributed by atoms with Crippen molar-refractivity contribution in [3.63, 3.8) is 0 Å². The van der Waals surface area contributed by atoms with E-state index in [4.69, 9.17) is 16.7 Å². The number of aliphatic hydroxyl groups excluding tert-OH is 1. The Hall–Kier alpha value is -1.15. The monoisotopic (exact) mass is 446 g/mol. The molecule has 3 nitrogen and oxygen atoms in total. The fourth-order valence-corrected chi connectivity index (χ4v) is 6.34. The lowest BCUT2D eigenvalue weighted by molar-refractivity contribution is 0.0702. The van der Waals surface area contributed by atoms with E-state index in [0.29, 0.717) is 21.9 Å². The average molecular weight is 447 g/mol. The summed E-state index contributed by atoms with van der Waals surface area (Å²) in [5.41, 5.74) is 0. The van der Waals surface area contributed by atoms with Crippen LogP contribution in [0.15, 0.2) is 35.2 Å². The number of aryl methyl sites for hydroxylation is 1. The molecule has 0 amide bonds. The normalized spacial score (nSPS) is 24.6. The first-order chi connectivity index (χ1) is 13.3. The largest absolute Gasteiger partial charge is 0.477 e.